The van der Waals surface area contributed by atoms with E-state index in [1.165, 1.54) is 7.11 Å². The van der Waals surface area contributed by atoms with E-state index < -0.39 is 17.6 Å². The van der Waals surface area contributed by atoms with E-state index in [0.29, 0.717) is 38.5 Å². The third-order valence-corrected chi connectivity index (χ3v) is 5.64. The molecule has 1 aliphatic rings. The van der Waals surface area contributed by atoms with Gasteiger partial charge in [0.1, 0.15) is 11.6 Å². The third kappa shape index (κ3) is 11.1. The molecule has 0 saturated heterocycles. The maximum atomic E-state index is 12.7. The molecule has 1 aliphatic carbocycles. The van der Waals surface area contributed by atoms with Crippen LogP contribution in [0.2, 0.25) is 0 Å². The number of esters is 1. The van der Waals surface area contributed by atoms with Crippen molar-refractivity contribution < 1.29 is 29.0 Å². The fourth-order valence-corrected chi connectivity index (χ4v) is 4.04. The Labute approximate surface area is 187 Å². The molecule has 0 aliphatic heterocycles. The Morgan fingerprint density at radius 3 is 2.45 bits per heavy atom. The van der Waals surface area contributed by atoms with E-state index in [4.69, 9.17) is 4.74 Å². The Morgan fingerprint density at radius 2 is 1.84 bits per heavy atom. The predicted octanol–water partition coefficient (Wildman–Crippen LogP) is 4.57. The van der Waals surface area contributed by atoms with Gasteiger partial charge in [-0.15, -0.1) is 0 Å². The van der Waals surface area contributed by atoms with Gasteiger partial charge in [-0.2, -0.15) is 0 Å². The standard InChI is InChI=1S/C25H42O6/c1-6-7-8-11-18(26)14-15-20-21(22(28)17-23(20)31-25(2,3)4)16-19(27)12-9-10-13-24(29)30-5/h14-15,18,20-21,23,26H,6-13,16-17H2,1-5H3/t18?,20-,21-,23?/m1/s1. The first-order valence-corrected chi connectivity index (χ1v) is 11.7. The zero-order chi connectivity index (χ0) is 23.4. The molecule has 1 fully saturated rings. The highest BCUT2D eigenvalue weighted by atomic mass is 16.5. The van der Waals surface area contributed by atoms with Gasteiger partial charge < -0.3 is 14.6 Å². The molecule has 4 atom stereocenters. The number of aliphatic hydroxyl groups excluding tert-OH is 1. The Bertz CT molecular complexity index is 604. The number of Topliss-reactive ketones (excluding diaryl/α,β-unsaturated/α-hetero) is 2. The first kappa shape index (κ1) is 27.5. The lowest BCUT2D eigenvalue weighted by Gasteiger charge is -2.29. The molecule has 178 valence electrons. The summed E-state index contributed by atoms with van der Waals surface area (Å²) in [6.07, 6.45) is 8.98. The number of carbonyl (C=O) groups is 3. The van der Waals surface area contributed by atoms with Crippen LogP contribution in [0.4, 0.5) is 0 Å². The van der Waals surface area contributed by atoms with Crippen molar-refractivity contribution in [2.24, 2.45) is 11.8 Å². The lowest BCUT2D eigenvalue weighted by molar-refractivity contribution is -0.140. The summed E-state index contributed by atoms with van der Waals surface area (Å²) in [6.45, 7) is 7.99. The maximum Gasteiger partial charge on any atom is 0.305 e. The summed E-state index contributed by atoms with van der Waals surface area (Å²) in [4.78, 5) is 36.5. The van der Waals surface area contributed by atoms with Crippen LogP contribution in [0.15, 0.2) is 12.2 Å². The highest BCUT2D eigenvalue weighted by molar-refractivity contribution is 5.90. The largest absolute Gasteiger partial charge is 0.469 e. The van der Waals surface area contributed by atoms with Gasteiger partial charge in [0.15, 0.2) is 0 Å². The van der Waals surface area contributed by atoms with Gasteiger partial charge in [0.25, 0.3) is 0 Å². The third-order valence-electron chi connectivity index (χ3n) is 5.64. The fourth-order valence-electron chi connectivity index (χ4n) is 4.04. The van der Waals surface area contributed by atoms with E-state index in [2.05, 4.69) is 11.7 Å². The minimum atomic E-state index is -0.549. The van der Waals surface area contributed by atoms with Crippen LogP contribution in [0, 0.1) is 11.8 Å². The summed E-state index contributed by atoms with van der Waals surface area (Å²) in [7, 11) is 1.35. The molecule has 0 aromatic rings. The summed E-state index contributed by atoms with van der Waals surface area (Å²) < 4.78 is 10.8. The van der Waals surface area contributed by atoms with E-state index in [-0.39, 0.29) is 36.0 Å². The number of aliphatic hydroxyl groups is 1. The highest BCUT2D eigenvalue weighted by Gasteiger charge is 2.43. The number of rotatable bonds is 14. The molecule has 0 bridgehead atoms. The van der Waals surface area contributed by atoms with E-state index in [1.807, 2.05) is 26.8 Å². The van der Waals surface area contributed by atoms with E-state index >= 15 is 0 Å². The normalized spacial score (nSPS) is 22.8. The van der Waals surface area contributed by atoms with Crippen molar-refractivity contribution in [3.63, 3.8) is 0 Å². The number of hydrogen-bond donors (Lipinski definition) is 1. The molecule has 6 nitrogen and oxygen atoms in total. The molecule has 0 spiro atoms. The highest BCUT2D eigenvalue weighted by Crippen LogP contribution is 2.37. The molecule has 31 heavy (non-hydrogen) atoms. The lowest BCUT2D eigenvalue weighted by atomic mass is 9.87. The van der Waals surface area contributed by atoms with Gasteiger partial charge in [0.05, 0.1) is 24.9 Å². The molecule has 0 radical (unpaired) electrons. The van der Waals surface area contributed by atoms with Gasteiger partial charge >= 0.3 is 5.97 Å². The number of ketones is 2. The minimum absolute atomic E-state index is 0.0292. The van der Waals surface area contributed by atoms with Gasteiger partial charge in [-0.1, -0.05) is 38.3 Å². The predicted molar refractivity (Wildman–Crippen MR) is 121 cm³/mol. The molecule has 1 saturated carbocycles. The van der Waals surface area contributed by atoms with Crippen LogP contribution < -0.4 is 0 Å². The smallest absolute Gasteiger partial charge is 0.305 e. The summed E-state index contributed by atoms with van der Waals surface area (Å²) in [5.41, 5.74) is -0.399. The van der Waals surface area contributed by atoms with Crippen LogP contribution in [-0.4, -0.2) is 47.6 Å². The van der Waals surface area contributed by atoms with Crippen molar-refractivity contribution >= 4 is 17.5 Å². The Morgan fingerprint density at radius 1 is 1.16 bits per heavy atom. The van der Waals surface area contributed by atoms with Gasteiger partial charge in [0.2, 0.25) is 0 Å². The first-order valence-electron chi connectivity index (χ1n) is 11.7. The number of hydrogen-bond acceptors (Lipinski definition) is 6. The van der Waals surface area contributed by atoms with Gasteiger partial charge in [-0.05, 0) is 40.0 Å². The number of ether oxygens (including phenoxy) is 2. The van der Waals surface area contributed by atoms with Crippen molar-refractivity contribution in [3.05, 3.63) is 12.2 Å². The SMILES string of the molecule is CCCCCC(O)C=C[C@H]1C(OC(C)(C)C)CC(=O)[C@@H]1CC(=O)CCCCC(=O)OC. The minimum Gasteiger partial charge on any atom is -0.469 e. The van der Waals surface area contributed by atoms with Crippen molar-refractivity contribution in [1.29, 1.82) is 0 Å². The summed E-state index contributed by atoms with van der Waals surface area (Å²) in [5.74, 6) is -0.830. The van der Waals surface area contributed by atoms with Crippen molar-refractivity contribution in [2.45, 2.75) is 110 Å². The van der Waals surface area contributed by atoms with Crippen LogP contribution in [0.1, 0.15) is 91.9 Å². The van der Waals surface area contributed by atoms with E-state index in [0.717, 1.165) is 19.3 Å². The average molecular weight is 439 g/mol. The van der Waals surface area contributed by atoms with Crippen LogP contribution in [-0.2, 0) is 23.9 Å². The number of unbranched alkanes of at least 4 members (excludes halogenated alkanes) is 3. The average Bonchev–Trinajstić information content (AvgIpc) is 2.96. The Kier molecular flexibility index (Phi) is 12.2. The number of methoxy groups -OCH3 is 1. The molecular formula is C25H42O6. The van der Waals surface area contributed by atoms with Gasteiger partial charge in [-0.3, -0.25) is 14.4 Å². The summed E-state index contributed by atoms with van der Waals surface area (Å²) in [5, 5.41) is 10.3. The second-order valence-corrected chi connectivity index (χ2v) is 9.60. The lowest BCUT2D eigenvalue weighted by Crippen LogP contribution is -2.31. The molecule has 0 heterocycles. The van der Waals surface area contributed by atoms with Gasteiger partial charge in [-0.25, -0.2) is 0 Å². The molecule has 0 aromatic carbocycles. The van der Waals surface area contributed by atoms with Crippen LogP contribution >= 0.6 is 0 Å². The van der Waals surface area contributed by atoms with Crippen LogP contribution in [0.25, 0.3) is 0 Å². The van der Waals surface area contributed by atoms with Gasteiger partial charge in [0, 0.05) is 37.5 Å². The second kappa shape index (κ2) is 13.8. The fraction of sp³-hybridized carbons (Fsp3) is 0.800. The Balaban J connectivity index is 2.75. The van der Waals surface area contributed by atoms with Crippen LogP contribution in [0.3, 0.4) is 0 Å². The summed E-state index contributed by atoms with van der Waals surface area (Å²) >= 11 is 0. The molecular weight excluding hydrogens is 396 g/mol. The molecule has 1 rings (SSSR count). The zero-order valence-electron chi connectivity index (χ0n) is 20.0. The maximum absolute atomic E-state index is 12.7. The van der Waals surface area contributed by atoms with Crippen molar-refractivity contribution in [1.82, 2.24) is 0 Å². The molecule has 6 heteroatoms. The number of carbonyl (C=O) groups excluding carboxylic acids is 3. The van der Waals surface area contributed by atoms with Crippen LogP contribution in [0.5, 0.6) is 0 Å². The zero-order valence-corrected chi connectivity index (χ0v) is 20.0. The molecule has 2 unspecified atom stereocenters. The molecule has 0 amide bonds. The van der Waals surface area contributed by atoms with E-state index in [1.54, 1.807) is 6.08 Å². The topological polar surface area (TPSA) is 89.9 Å². The van der Waals surface area contributed by atoms with E-state index in [9.17, 15) is 19.5 Å². The first-order chi connectivity index (χ1) is 14.6. The van der Waals surface area contributed by atoms with Crippen molar-refractivity contribution in [3.8, 4) is 0 Å². The molecule has 1 N–H and O–H groups in total. The Hall–Kier alpha value is -1.53. The summed E-state index contributed by atoms with van der Waals surface area (Å²) in [6, 6.07) is 0. The monoisotopic (exact) mass is 438 g/mol. The molecule has 0 aromatic heterocycles. The van der Waals surface area contributed by atoms with Crippen molar-refractivity contribution in [2.75, 3.05) is 7.11 Å². The second-order valence-electron chi connectivity index (χ2n) is 9.60. The quantitative estimate of drug-likeness (QED) is 0.243.